The maximum Gasteiger partial charge on any atom is 0.224 e. The normalized spacial score (nSPS) is 19.7. The topological polar surface area (TPSA) is 61.9 Å². The van der Waals surface area contributed by atoms with Crippen LogP contribution >= 0.6 is 11.6 Å². The van der Waals surface area contributed by atoms with Gasteiger partial charge in [-0.3, -0.25) is 14.5 Å². The molecule has 2 amide bonds. The number of anilines is 1. The van der Waals surface area contributed by atoms with Gasteiger partial charge in [-0.1, -0.05) is 11.6 Å². The number of carbonyl (C=O) groups is 2. The molecule has 1 atom stereocenters. The van der Waals surface area contributed by atoms with Gasteiger partial charge >= 0.3 is 0 Å². The number of hydrogen-bond acceptors (Lipinski definition) is 4. The highest BCUT2D eigenvalue weighted by Gasteiger charge is 2.32. The van der Waals surface area contributed by atoms with E-state index in [0.29, 0.717) is 42.7 Å². The van der Waals surface area contributed by atoms with Gasteiger partial charge in [-0.25, -0.2) is 0 Å². The van der Waals surface area contributed by atoms with Gasteiger partial charge < -0.3 is 15.0 Å². The predicted octanol–water partition coefficient (Wildman–Crippen LogP) is 3.85. The average molecular weight is 436 g/mol. The highest BCUT2D eigenvalue weighted by atomic mass is 35.5. The van der Waals surface area contributed by atoms with Gasteiger partial charge in [0.15, 0.2) is 0 Å². The van der Waals surface area contributed by atoms with Crippen molar-refractivity contribution in [1.82, 2.24) is 9.80 Å². The summed E-state index contributed by atoms with van der Waals surface area (Å²) >= 11 is 6.35. The molecule has 2 aliphatic rings. The molecule has 1 aromatic carbocycles. The van der Waals surface area contributed by atoms with E-state index in [4.69, 9.17) is 16.3 Å². The van der Waals surface area contributed by atoms with Crippen LogP contribution in [0.1, 0.15) is 50.2 Å². The number of rotatable bonds is 9. The molecule has 1 aliphatic carbocycles. The Morgan fingerprint density at radius 1 is 1.27 bits per heavy atom. The number of nitrogens with one attached hydrogen (secondary N) is 1. The molecule has 0 spiro atoms. The minimum Gasteiger partial charge on any atom is -0.385 e. The number of methoxy groups -OCH3 is 1. The maximum atomic E-state index is 12.5. The number of amides is 2. The summed E-state index contributed by atoms with van der Waals surface area (Å²) in [5, 5.41) is 3.61. The molecule has 0 radical (unpaired) electrons. The van der Waals surface area contributed by atoms with E-state index in [0.717, 1.165) is 43.0 Å². The third kappa shape index (κ3) is 6.43. The van der Waals surface area contributed by atoms with Crippen LogP contribution in [0, 0.1) is 12.8 Å². The molecule has 3 rings (SSSR count). The molecule has 166 valence electrons. The fourth-order valence-corrected chi connectivity index (χ4v) is 4.33. The Morgan fingerprint density at radius 2 is 2.03 bits per heavy atom. The van der Waals surface area contributed by atoms with Gasteiger partial charge in [-0.15, -0.1) is 0 Å². The zero-order valence-electron chi connectivity index (χ0n) is 18.4. The lowest BCUT2D eigenvalue weighted by Crippen LogP contribution is -2.53. The third-order valence-electron chi connectivity index (χ3n) is 6.09. The van der Waals surface area contributed by atoms with Crippen molar-refractivity contribution < 1.29 is 14.3 Å². The van der Waals surface area contributed by atoms with Crippen LogP contribution in [0.3, 0.4) is 0 Å². The van der Waals surface area contributed by atoms with E-state index >= 15 is 0 Å². The minimum absolute atomic E-state index is 0.0280. The molecule has 0 aromatic heterocycles. The molecule has 7 heteroatoms. The number of carbonyl (C=O) groups excluding carboxylic acids is 2. The number of ether oxygens (including phenoxy) is 1. The summed E-state index contributed by atoms with van der Waals surface area (Å²) in [6, 6.07) is 4.00. The van der Waals surface area contributed by atoms with Crippen LogP contribution in [-0.4, -0.2) is 61.0 Å². The van der Waals surface area contributed by atoms with Crippen molar-refractivity contribution in [1.29, 1.82) is 0 Å². The van der Waals surface area contributed by atoms with Crippen LogP contribution in [0.5, 0.6) is 0 Å². The molecule has 1 unspecified atom stereocenters. The zero-order valence-corrected chi connectivity index (χ0v) is 19.1. The first-order chi connectivity index (χ1) is 14.4. The van der Waals surface area contributed by atoms with Crippen molar-refractivity contribution >= 4 is 29.1 Å². The standard InChI is InChI=1S/C23H34ClN3O3/c1-16-14-26(8-9-27(16)23(29)11-18-6-7-18)15-19-12-20(24)13-21(17(19)2)25-22(28)5-4-10-30-3/h12-13,16,18H,4-11,14-15H2,1-3H3,(H,25,28). The lowest BCUT2D eigenvalue weighted by molar-refractivity contribution is -0.136. The summed E-state index contributed by atoms with van der Waals surface area (Å²) in [5.41, 5.74) is 2.92. The maximum absolute atomic E-state index is 12.5. The van der Waals surface area contributed by atoms with Crippen LogP contribution < -0.4 is 5.32 Å². The molecule has 2 fully saturated rings. The first-order valence-corrected chi connectivity index (χ1v) is 11.3. The Morgan fingerprint density at radius 3 is 2.70 bits per heavy atom. The number of nitrogens with zero attached hydrogens (tertiary/aromatic N) is 2. The Balaban J connectivity index is 1.59. The highest BCUT2D eigenvalue weighted by molar-refractivity contribution is 6.31. The van der Waals surface area contributed by atoms with Crippen molar-refractivity contribution in [3.8, 4) is 0 Å². The lowest BCUT2D eigenvalue weighted by atomic mass is 10.0. The largest absolute Gasteiger partial charge is 0.385 e. The Bertz CT molecular complexity index is 766. The van der Waals surface area contributed by atoms with Gasteiger partial charge in [0.2, 0.25) is 11.8 Å². The van der Waals surface area contributed by atoms with Crippen molar-refractivity contribution in [2.24, 2.45) is 5.92 Å². The van der Waals surface area contributed by atoms with Crippen LogP contribution in [0.25, 0.3) is 0 Å². The number of halogens is 1. The van der Waals surface area contributed by atoms with Crippen LogP contribution in [0.4, 0.5) is 5.69 Å². The van der Waals surface area contributed by atoms with Gasteiger partial charge in [0.05, 0.1) is 0 Å². The molecule has 0 bridgehead atoms. The molecule has 1 saturated carbocycles. The molecule has 1 aliphatic heterocycles. The van der Waals surface area contributed by atoms with E-state index < -0.39 is 0 Å². The van der Waals surface area contributed by atoms with Crippen molar-refractivity contribution in [2.45, 2.75) is 58.5 Å². The summed E-state index contributed by atoms with van der Waals surface area (Å²) in [6.07, 6.45) is 4.24. The second kappa shape index (κ2) is 10.6. The summed E-state index contributed by atoms with van der Waals surface area (Å²) in [7, 11) is 1.63. The fourth-order valence-electron chi connectivity index (χ4n) is 4.09. The fraction of sp³-hybridized carbons (Fsp3) is 0.652. The predicted molar refractivity (Wildman–Crippen MR) is 120 cm³/mol. The summed E-state index contributed by atoms with van der Waals surface area (Å²) in [6.45, 7) is 7.96. The monoisotopic (exact) mass is 435 g/mol. The number of hydrogen-bond donors (Lipinski definition) is 1. The second-order valence-corrected chi connectivity index (χ2v) is 9.14. The van der Waals surface area contributed by atoms with E-state index in [1.807, 2.05) is 24.0 Å². The average Bonchev–Trinajstić information content (AvgIpc) is 3.49. The van der Waals surface area contributed by atoms with Gasteiger partial charge in [0.1, 0.15) is 0 Å². The van der Waals surface area contributed by atoms with E-state index in [1.54, 1.807) is 7.11 Å². The first kappa shape index (κ1) is 23.0. The Hall–Kier alpha value is -1.63. The third-order valence-corrected chi connectivity index (χ3v) is 6.31. The van der Waals surface area contributed by atoms with E-state index in [1.165, 1.54) is 12.8 Å². The lowest BCUT2D eigenvalue weighted by Gasteiger charge is -2.40. The van der Waals surface area contributed by atoms with Crippen LogP contribution in [-0.2, 0) is 20.9 Å². The van der Waals surface area contributed by atoms with Crippen LogP contribution in [0.15, 0.2) is 12.1 Å². The van der Waals surface area contributed by atoms with Gasteiger partial charge in [0.25, 0.3) is 0 Å². The first-order valence-electron chi connectivity index (χ1n) is 11.0. The summed E-state index contributed by atoms with van der Waals surface area (Å²) in [5.74, 6) is 0.904. The summed E-state index contributed by atoms with van der Waals surface area (Å²) in [4.78, 5) is 29.1. The summed E-state index contributed by atoms with van der Waals surface area (Å²) < 4.78 is 5.01. The second-order valence-electron chi connectivity index (χ2n) is 8.70. The van der Waals surface area contributed by atoms with Crippen molar-refractivity contribution in [3.05, 3.63) is 28.3 Å². The Labute approximate surface area is 184 Å². The smallest absolute Gasteiger partial charge is 0.224 e. The molecular formula is C23H34ClN3O3. The van der Waals surface area contributed by atoms with Crippen molar-refractivity contribution in [3.63, 3.8) is 0 Å². The quantitative estimate of drug-likeness (QED) is 0.598. The number of benzene rings is 1. The van der Waals surface area contributed by atoms with Gasteiger partial charge in [-0.2, -0.15) is 0 Å². The zero-order chi connectivity index (χ0) is 21.7. The number of piperazine rings is 1. The van der Waals surface area contributed by atoms with Gasteiger partial charge in [-0.05, 0) is 62.3 Å². The molecule has 1 aromatic rings. The molecule has 1 saturated heterocycles. The van der Waals surface area contributed by atoms with Crippen LogP contribution in [0.2, 0.25) is 5.02 Å². The molecule has 30 heavy (non-hydrogen) atoms. The van der Waals surface area contributed by atoms with E-state index in [9.17, 15) is 9.59 Å². The molecule has 6 nitrogen and oxygen atoms in total. The van der Waals surface area contributed by atoms with E-state index in [2.05, 4.69) is 17.1 Å². The molecule has 1 N–H and O–H groups in total. The SMILES string of the molecule is COCCCC(=O)Nc1cc(Cl)cc(CN2CCN(C(=O)CC3CC3)C(C)C2)c1C. The minimum atomic E-state index is -0.0280. The Kier molecular flexibility index (Phi) is 8.14. The van der Waals surface area contributed by atoms with Crippen molar-refractivity contribution in [2.75, 3.05) is 38.7 Å². The van der Waals surface area contributed by atoms with Gasteiger partial charge in [0, 0.05) is 69.5 Å². The molecular weight excluding hydrogens is 402 g/mol. The molecule has 1 heterocycles. The highest BCUT2D eigenvalue weighted by Crippen LogP contribution is 2.33. The van der Waals surface area contributed by atoms with E-state index in [-0.39, 0.29) is 11.9 Å².